The summed E-state index contributed by atoms with van der Waals surface area (Å²) in [6.45, 7) is 3.03. The lowest BCUT2D eigenvalue weighted by molar-refractivity contribution is 0.332. The number of aromatic nitrogens is 2. The van der Waals surface area contributed by atoms with Crippen LogP contribution in [0.25, 0.3) is 27.6 Å². The van der Waals surface area contributed by atoms with Gasteiger partial charge in [0.25, 0.3) is 10.1 Å². The van der Waals surface area contributed by atoms with Crippen LogP contribution in [0, 0.1) is 6.92 Å². The third-order valence-corrected chi connectivity index (χ3v) is 4.63. The Bertz CT molecular complexity index is 1200. The van der Waals surface area contributed by atoms with Crippen LogP contribution in [-0.4, -0.2) is 41.9 Å². The van der Waals surface area contributed by atoms with Gasteiger partial charge in [-0.25, -0.2) is 4.98 Å². The summed E-state index contributed by atoms with van der Waals surface area (Å²) in [6, 6.07) is 14.5. The second-order valence-corrected chi connectivity index (χ2v) is 8.63. The van der Waals surface area contributed by atoms with E-state index < -0.39 is 10.1 Å². The normalized spacial score (nSPS) is 11.4. The molecule has 0 aliphatic heterocycles. The lowest BCUT2D eigenvalue weighted by Crippen LogP contribution is -2.10. The predicted octanol–water partition coefficient (Wildman–Crippen LogP) is 3.39. The van der Waals surface area contributed by atoms with Crippen LogP contribution in [0.3, 0.4) is 0 Å². The standard InChI is InChI=1S/C18H17N3OS.CH4O3S/c1-12-20-17(11-23-12)21-14-6-3-2-5-13(14)18-15(21)7-4-8-16(18)22-10-9-19;1-5(2,3)4/h2-8,11H,9-10,19H2,1H3;1H3,(H,2,3,4). The molecule has 2 aromatic carbocycles. The molecule has 0 radical (unpaired) electrons. The van der Waals surface area contributed by atoms with E-state index in [2.05, 4.69) is 45.3 Å². The minimum absolute atomic E-state index is 0.500. The predicted molar refractivity (Wildman–Crippen MR) is 113 cm³/mol. The fourth-order valence-corrected chi connectivity index (χ4v) is 3.56. The first-order valence-electron chi connectivity index (χ1n) is 8.49. The molecule has 4 rings (SSSR count). The Morgan fingerprint density at radius 1 is 1.18 bits per heavy atom. The fraction of sp³-hybridized carbons (Fsp3) is 0.211. The van der Waals surface area contributed by atoms with Crippen molar-refractivity contribution in [2.45, 2.75) is 6.92 Å². The summed E-state index contributed by atoms with van der Waals surface area (Å²) in [4.78, 5) is 4.67. The van der Waals surface area contributed by atoms with Crippen molar-refractivity contribution in [2.24, 2.45) is 5.73 Å². The summed E-state index contributed by atoms with van der Waals surface area (Å²) in [7, 11) is -3.67. The number of aryl methyl sites for hydroxylation is 1. The van der Waals surface area contributed by atoms with Crippen LogP contribution >= 0.6 is 11.3 Å². The SMILES string of the molecule is CS(=O)(=O)O.Cc1nc(-n2c3ccccc3c3c(OCCN)cccc32)cs1. The van der Waals surface area contributed by atoms with Crippen molar-refractivity contribution in [3.63, 3.8) is 0 Å². The quantitative estimate of drug-likeness (QED) is 0.491. The van der Waals surface area contributed by atoms with E-state index in [1.165, 1.54) is 5.39 Å². The zero-order valence-corrected chi connectivity index (χ0v) is 17.1. The Hall–Kier alpha value is -2.46. The maximum Gasteiger partial charge on any atom is 0.261 e. The molecular formula is C19H21N3O4S2. The van der Waals surface area contributed by atoms with E-state index in [4.69, 9.17) is 15.0 Å². The molecule has 28 heavy (non-hydrogen) atoms. The Labute approximate surface area is 167 Å². The smallest absolute Gasteiger partial charge is 0.261 e. The van der Waals surface area contributed by atoms with Gasteiger partial charge in [0.05, 0.1) is 27.7 Å². The summed E-state index contributed by atoms with van der Waals surface area (Å²) in [5.41, 5.74) is 7.83. The van der Waals surface area contributed by atoms with Gasteiger partial charge in [-0.3, -0.25) is 9.12 Å². The van der Waals surface area contributed by atoms with Gasteiger partial charge in [-0.05, 0) is 25.1 Å². The van der Waals surface area contributed by atoms with Crippen LogP contribution < -0.4 is 10.5 Å². The van der Waals surface area contributed by atoms with Gasteiger partial charge in [-0.2, -0.15) is 8.42 Å². The van der Waals surface area contributed by atoms with Crippen LogP contribution in [0.1, 0.15) is 5.01 Å². The molecule has 3 N–H and O–H groups in total. The fourth-order valence-electron chi connectivity index (χ4n) is 2.98. The molecule has 0 saturated heterocycles. The van der Waals surface area contributed by atoms with Crippen molar-refractivity contribution < 1.29 is 17.7 Å². The molecule has 2 heterocycles. The van der Waals surface area contributed by atoms with Gasteiger partial charge < -0.3 is 10.5 Å². The number of hydrogen-bond acceptors (Lipinski definition) is 6. The molecule has 0 atom stereocenters. The molecule has 0 spiro atoms. The van der Waals surface area contributed by atoms with E-state index in [1.807, 2.05) is 19.1 Å². The minimum atomic E-state index is -3.67. The molecule has 0 aliphatic rings. The largest absolute Gasteiger partial charge is 0.492 e. The lowest BCUT2D eigenvalue weighted by atomic mass is 10.1. The van der Waals surface area contributed by atoms with Crippen molar-refractivity contribution >= 4 is 43.3 Å². The monoisotopic (exact) mass is 419 g/mol. The lowest BCUT2D eigenvalue weighted by Gasteiger charge is -2.07. The second kappa shape index (κ2) is 8.27. The maximum atomic E-state index is 9.19. The molecule has 0 amide bonds. The first-order chi connectivity index (χ1) is 13.3. The average molecular weight is 420 g/mol. The number of ether oxygens (including phenoxy) is 1. The highest BCUT2D eigenvalue weighted by Crippen LogP contribution is 2.37. The zero-order chi connectivity index (χ0) is 20.3. The third-order valence-electron chi connectivity index (χ3n) is 3.87. The van der Waals surface area contributed by atoms with E-state index in [9.17, 15) is 8.42 Å². The molecule has 0 aliphatic carbocycles. The topological polar surface area (TPSA) is 107 Å². The zero-order valence-electron chi connectivity index (χ0n) is 15.5. The Balaban J connectivity index is 0.000000403. The van der Waals surface area contributed by atoms with E-state index in [0.717, 1.165) is 33.0 Å². The van der Waals surface area contributed by atoms with Crippen LogP contribution in [0.2, 0.25) is 0 Å². The molecule has 0 unspecified atom stereocenters. The van der Waals surface area contributed by atoms with E-state index in [-0.39, 0.29) is 0 Å². The number of benzene rings is 2. The highest BCUT2D eigenvalue weighted by atomic mass is 32.2. The third kappa shape index (κ3) is 4.50. The van der Waals surface area contributed by atoms with E-state index in [1.54, 1.807) is 11.3 Å². The van der Waals surface area contributed by atoms with Crippen molar-refractivity contribution in [2.75, 3.05) is 19.4 Å². The Morgan fingerprint density at radius 2 is 1.86 bits per heavy atom. The van der Waals surface area contributed by atoms with E-state index in [0.29, 0.717) is 19.4 Å². The van der Waals surface area contributed by atoms with Gasteiger partial charge in [-0.1, -0.05) is 24.3 Å². The van der Waals surface area contributed by atoms with Gasteiger partial charge in [-0.15, -0.1) is 11.3 Å². The van der Waals surface area contributed by atoms with Crippen molar-refractivity contribution in [3.8, 4) is 11.6 Å². The van der Waals surface area contributed by atoms with Gasteiger partial charge in [0.1, 0.15) is 18.2 Å². The molecular weight excluding hydrogens is 398 g/mol. The molecule has 9 heteroatoms. The number of nitrogens with two attached hydrogens (primary N) is 1. The highest BCUT2D eigenvalue weighted by molar-refractivity contribution is 7.85. The molecule has 0 fully saturated rings. The number of fused-ring (bicyclic) bond motifs is 3. The number of para-hydroxylation sites is 1. The van der Waals surface area contributed by atoms with Gasteiger partial charge in [0, 0.05) is 17.3 Å². The van der Waals surface area contributed by atoms with Gasteiger partial charge >= 0.3 is 0 Å². The number of nitrogens with zero attached hydrogens (tertiary/aromatic N) is 2. The minimum Gasteiger partial charge on any atom is -0.492 e. The first-order valence-corrected chi connectivity index (χ1v) is 11.2. The molecule has 148 valence electrons. The van der Waals surface area contributed by atoms with Crippen molar-refractivity contribution in [1.29, 1.82) is 0 Å². The van der Waals surface area contributed by atoms with Crippen LogP contribution in [-0.2, 0) is 10.1 Å². The Morgan fingerprint density at radius 3 is 2.50 bits per heavy atom. The number of thiazole rings is 1. The highest BCUT2D eigenvalue weighted by Gasteiger charge is 2.16. The molecule has 4 aromatic rings. The van der Waals surface area contributed by atoms with Crippen molar-refractivity contribution in [3.05, 3.63) is 52.9 Å². The summed E-state index contributed by atoms with van der Waals surface area (Å²) in [5.74, 6) is 1.82. The first kappa shape index (κ1) is 20.3. The van der Waals surface area contributed by atoms with Crippen LogP contribution in [0.4, 0.5) is 0 Å². The van der Waals surface area contributed by atoms with E-state index >= 15 is 0 Å². The summed E-state index contributed by atoms with van der Waals surface area (Å²) < 4.78 is 33.9. The summed E-state index contributed by atoms with van der Waals surface area (Å²) >= 11 is 1.66. The van der Waals surface area contributed by atoms with Gasteiger partial charge in [0.2, 0.25) is 0 Å². The van der Waals surface area contributed by atoms with Gasteiger partial charge in [0.15, 0.2) is 0 Å². The molecule has 7 nitrogen and oxygen atoms in total. The summed E-state index contributed by atoms with van der Waals surface area (Å²) in [6.07, 6.45) is 0.715. The summed E-state index contributed by atoms with van der Waals surface area (Å²) in [5, 5.41) is 5.43. The van der Waals surface area contributed by atoms with Crippen molar-refractivity contribution in [1.82, 2.24) is 9.55 Å². The molecule has 0 bridgehead atoms. The molecule has 2 aromatic heterocycles. The maximum absolute atomic E-state index is 9.19. The second-order valence-electron chi connectivity index (χ2n) is 6.10. The van der Waals surface area contributed by atoms with Crippen LogP contribution in [0.15, 0.2) is 47.8 Å². The average Bonchev–Trinajstić information content (AvgIpc) is 3.19. The number of hydrogen-bond donors (Lipinski definition) is 2. The van der Waals surface area contributed by atoms with Crippen LogP contribution in [0.5, 0.6) is 5.75 Å². The number of rotatable bonds is 4. The molecule has 0 saturated carbocycles. The Kier molecular flexibility index (Phi) is 5.99.